The summed E-state index contributed by atoms with van der Waals surface area (Å²) >= 11 is 5.97. The highest BCUT2D eigenvalue weighted by Gasteiger charge is 2.31. The summed E-state index contributed by atoms with van der Waals surface area (Å²) in [5.74, 6) is 6.40. The first-order valence-corrected chi connectivity index (χ1v) is 7.97. The number of nitrogens with two attached hydrogens (primary N) is 1. The second-order valence-electron chi connectivity index (χ2n) is 5.51. The van der Waals surface area contributed by atoms with Gasteiger partial charge in [0.1, 0.15) is 0 Å². The van der Waals surface area contributed by atoms with Crippen LogP contribution in [0.1, 0.15) is 50.6 Å². The zero-order valence-corrected chi connectivity index (χ0v) is 12.9. The van der Waals surface area contributed by atoms with Gasteiger partial charge >= 0.3 is 0 Å². The third-order valence-electron chi connectivity index (χ3n) is 4.21. The lowest BCUT2D eigenvalue weighted by Crippen LogP contribution is -2.42. The quantitative estimate of drug-likeness (QED) is 0.619. The summed E-state index contributed by atoms with van der Waals surface area (Å²) in [6.45, 7) is 2.76. The van der Waals surface area contributed by atoms with Crippen LogP contribution in [0.5, 0.6) is 0 Å². The van der Waals surface area contributed by atoms with Crippen molar-refractivity contribution in [3.05, 3.63) is 34.9 Å². The molecule has 1 aromatic carbocycles. The maximum Gasteiger partial charge on any atom is 0.0810 e. The molecule has 1 saturated carbocycles. The van der Waals surface area contributed by atoms with E-state index in [1.54, 1.807) is 0 Å². The van der Waals surface area contributed by atoms with Crippen LogP contribution in [0.4, 0.5) is 0 Å². The number of hydrogen-bond acceptors (Lipinski definition) is 3. The first-order chi connectivity index (χ1) is 9.76. The molecule has 0 radical (unpaired) electrons. The van der Waals surface area contributed by atoms with Gasteiger partial charge in [-0.15, -0.1) is 0 Å². The van der Waals surface area contributed by atoms with Gasteiger partial charge in [-0.1, -0.05) is 43.0 Å². The van der Waals surface area contributed by atoms with Gasteiger partial charge < -0.3 is 4.74 Å². The van der Waals surface area contributed by atoms with Gasteiger partial charge in [-0.2, -0.15) is 0 Å². The zero-order valence-electron chi connectivity index (χ0n) is 12.1. The van der Waals surface area contributed by atoms with Gasteiger partial charge in [0.25, 0.3) is 0 Å². The molecule has 20 heavy (non-hydrogen) atoms. The largest absolute Gasteiger partial charge is 0.376 e. The van der Waals surface area contributed by atoms with Crippen LogP contribution >= 0.6 is 11.6 Å². The summed E-state index contributed by atoms with van der Waals surface area (Å²) in [7, 11) is 0. The van der Waals surface area contributed by atoms with E-state index in [1.165, 1.54) is 32.1 Å². The van der Waals surface area contributed by atoms with Gasteiger partial charge in [0.15, 0.2) is 0 Å². The molecule has 0 aromatic heterocycles. The van der Waals surface area contributed by atoms with Crippen molar-refractivity contribution < 1.29 is 4.74 Å². The predicted molar refractivity (Wildman–Crippen MR) is 83.5 cm³/mol. The minimum Gasteiger partial charge on any atom is -0.376 e. The van der Waals surface area contributed by atoms with Gasteiger partial charge in [-0.3, -0.25) is 11.3 Å². The standard InChI is InChI=1S/C16H25ClN2O/c1-2-20-16(13-6-4-3-5-7-13)15(19-18)12-8-10-14(17)11-9-12/h8-11,13,15-16,19H,2-7,18H2,1H3. The molecule has 0 heterocycles. The second kappa shape index (κ2) is 7.99. The molecule has 4 heteroatoms. The van der Waals surface area contributed by atoms with E-state index in [1.807, 2.05) is 31.2 Å². The van der Waals surface area contributed by atoms with E-state index in [4.69, 9.17) is 22.2 Å². The third kappa shape index (κ3) is 3.95. The zero-order chi connectivity index (χ0) is 14.4. The van der Waals surface area contributed by atoms with Crippen molar-refractivity contribution in [3.63, 3.8) is 0 Å². The van der Waals surface area contributed by atoms with E-state index >= 15 is 0 Å². The molecule has 0 spiro atoms. The normalized spacial score (nSPS) is 19.8. The highest BCUT2D eigenvalue weighted by Crippen LogP contribution is 2.34. The topological polar surface area (TPSA) is 47.3 Å². The molecule has 1 fully saturated rings. The molecule has 1 aliphatic carbocycles. The molecule has 1 aromatic rings. The van der Waals surface area contributed by atoms with E-state index in [2.05, 4.69) is 5.43 Å². The third-order valence-corrected chi connectivity index (χ3v) is 4.46. The summed E-state index contributed by atoms with van der Waals surface area (Å²) < 4.78 is 6.04. The fourth-order valence-electron chi connectivity index (χ4n) is 3.21. The smallest absolute Gasteiger partial charge is 0.0810 e. The summed E-state index contributed by atoms with van der Waals surface area (Å²) in [6, 6.07) is 7.90. The van der Waals surface area contributed by atoms with Crippen LogP contribution in [0, 0.1) is 5.92 Å². The maximum atomic E-state index is 6.04. The van der Waals surface area contributed by atoms with Gasteiger partial charge in [-0.25, -0.2) is 0 Å². The van der Waals surface area contributed by atoms with Crippen LogP contribution in [-0.2, 0) is 4.74 Å². The molecule has 3 nitrogen and oxygen atoms in total. The van der Waals surface area contributed by atoms with Gasteiger partial charge in [0.05, 0.1) is 12.1 Å². The molecule has 2 rings (SSSR count). The Morgan fingerprint density at radius 3 is 2.45 bits per heavy atom. The van der Waals surface area contributed by atoms with Crippen LogP contribution in [-0.4, -0.2) is 12.7 Å². The maximum absolute atomic E-state index is 6.04. The summed E-state index contributed by atoms with van der Waals surface area (Å²) in [5.41, 5.74) is 4.09. The Kier molecular flexibility index (Phi) is 6.30. The Balaban J connectivity index is 2.17. The van der Waals surface area contributed by atoms with E-state index < -0.39 is 0 Å². The molecule has 2 atom stereocenters. The lowest BCUT2D eigenvalue weighted by Gasteiger charge is -2.35. The summed E-state index contributed by atoms with van der Waals surface area (Å²) in [6.07, 6.45) is 6.54. The molecule has 0 aliphatic heterocycles. The lowest BCUT2D eigenvalue weighted by atomic mass is 9.81. The monoisotopic (exact) mass is 296 g/mol. The molecule has 0 saturated heterocycles. The fraction of sp³-hybridized carbons (Fsp3) is 0.625. The summed E-state index contributed by atoms with van der Waals surface area (Å²) in [5, 5.41) is 0.746. The van der Waals surface area contributed by atoms with Crippen molar-refractivity contribution in [1.82, 2.24) is 5.43 Å². The number of halogens is 1. The highest BCUT2D eigenvalue weighted by molar-refractivity contribution is 6.30. The molecule has 0 bridgehead atoms. The van der Waals surface area contributed by atoms with Crippen LogP contribution < -0.4 is 11.3 Å². The number of hydrazine groups is 1. The molecule has 3 N–H and O–H groups in total. The molecule has 112 valence electrons. The second-order valence-corrected chi connectivity index (χ2v) is 5.95. The number of benzene rings is 1. The first kappa shape index (κ1) is 15.8. The molecule has 1 aliphatic rings. The van der Waals surface area contributed by atoms with Crippen LogP contribution in [0.3, 0.4) is 0 Å². The molecule has 0 amide bonds. The Labute approximate surface area is 126 Å². The number of hydrogen-bond donors (Lipinski definition) is 2. The van der Waals surface area contributed by atoms with Crippen molar-refractivity contribution in [2.75, 3.05) is 6.61 Å². The highest BCUT2D eigenvalue weighted by atomic mass is 35.5. The van der Waals surface area contributed by atoms with E-state index in [-0.39, 0.29) is 12.1 Å². The minimum atomic E-state index is 0.0234. The number of ether oxygens (including phenoxy) is 1. The number of rotatable bonds is 6. The summed E-state index contributed by atoms with van der Waals surface area (Å²) in [4.78, 5) is 0. The SMILES string of the molecule is CCOC(C1CCCCC1)C(NN)c1ccc(Cl)cc1. The van der Waals surface area contributed by atoms with Crippen molar-refractivity contribution >= 4 is 11.6 Å². The van der Waals surface area contributed by atoms with Crippen molar-refractivity contribution in [3.8, 4) is 0 Å². The van der Waals surface area contributed by atoms with E-state index in [0.29, 0.717) is 12.5 Å². The van der Waals surface area contributed by atoms with Crippen molar-refractivity contribution in [1.29, 1.82) is 0 Å². The van der Waals surface area contributed by atoms with Gasteiger partial charge in [-0.05, 0) is 43.4 Å². The lowest BCUT2D eigenvalue weighted by molar-refractivity contribution is -0.0184. The Morgan fingerprint density at radius 2 is 1.90 bits per heavy atom. The van der Waals surface area contributed by atoms with E-state index in [0.717, 1.165) is 10.6 Å². The van der Waals surface area contributed by atoms with Crippen molar-refractivity contribution in [2.45, 2.75) is 51.2 Å². The van der Waals surface area contributed by atoms with Crippen LogP contribution in [0.25, 0.3) is 0 Å². The molecular weight excluding hydrogens is 272 g/mol. The average molecular weight is 297 g/mol. The average Bonchev–Trinajstić information content (AvgIpc) is 2.50. The van der Waals surface area contributed by atoms with Crippen LogP contribution in [0.2, 0.25) is 5.02 Å². The molecule has 2 unspecified atom stereocenters. The Morgan fingerprint density at radius 1 is 1.25 bits per heavy atom. The van der Waals surface area contributed by atoms with Crippen molar-refractivity contribution in [2.24, 2.45) is 11.8 Å². The van der Waals surface area contributed by atoms with E-state index in [9.17, 15) is 0 Å². The van der Waals surface area contributed by atoms with Gasteiger partial charge in [0, 0.05) is 11.6 Å². The molecular formula is C16H25ClN2O. The Hall–Kier alpha value is -0.610. The van der Waals surface area contributed by atoms with Gasteiger partial charge in [0.2, 0.25) is 0 Å². The first-order valence-electron chi connectivity index (χ1n) is 7.59. The van der Waals surface area contributed by atoms with Crippen LogP contribution in [0.15, 0.2) is 24.3 Å². The Bertz CT molecular complexity index is 390. The fourth-order valence-corrected chi connectivity index (χ4v) is 3.34. The number of nitrogens with one attached hydrogen (secondary N) is 1. The minimum absolute atomic E-state index is 0.0234. The predicted octanol–water partition coefficient (Wildman–Crippen LogP) is 3.83.